The summed E-state index contributed by atoms with van der Waals surface area (Å²) in [6.45, 7) is 2.05. The molecular weight excluding hydrogens is 248 g/mol. The lowest BCUT2D eigenvalue weighted by Gasteiger charge is -2.06. The average molecular weight is 266 g/mol. The molecular formula is C14H18O3S. The third-order valence-corrected chi connectivity index (χ3v) is 3.32. The standard InChI is InChI=1S/C14H18O3S/c1-4-9-18-14(15)8-5-11-10-12(16-2)6-7-13(11)17-3/h5-8,10H,4,9H2,1-3H3/b8-5+. The molecule has 0 heterocycles. The lowest BCUT2D eigenvalue weighted by molar-refractivity contribution is -0.106. The van der Waals surface area contributed by atoms with E-state index in [-0.39, 0.29) is 5.12 Å². The van der Waals surface area contributed by atoms with E-state index in [9.17, 15) is 4.79 Å². The Hall–Kier alpha value is -1.42. The van der Waals surface area contributed by atoms with Crippen molar-refractivity contribution in [1.29, 1.82) is 0 Å². The van der Waals surface area contributed by atoms with Crippen molar-refractivity contribution < 1.29 is 14.3 Å². The summed E-state index contributed by atoms with van der Waals surface area (Å²) in [5, 5.41) is 0.0572. The Labute approximate surface area is 112 Å². The van der Waals surface area contributed by atoms with Gasteiger partial charge in [0.15, 0.2) is 0 Å². The number of carbonyl (C=O) groups is 1. The summed E-state index contributed by atoms with van der Waals surface area (Å²) < 4.78 is 10.4. The highest BCUT2D eigenvalue weighted by Gasteiger charge is 2.03. The van der Waals surface area contributed by atoms with Gasteiger partial charge in [-0.2, -0.15) is 0 Å². The molecule has 4 heteroatoms. The minimum atomic E-state index is 0.0572. The molecule has 0 aromatic heterocycles. The maximum Gasteiger partial charge on any atom is 0.212 e. The van der Waals surface area contributed by atoms with E-state index in [1.165, 1.54) is 11.8 Å². The first-order valence-corrected chi connectivity index (χ1v) is 6.76. The van der Waals surface area contributed by atoms with Gasteiger partial charge in [-0.15, -0.1) is 0 Å². The lowest BCUT2D eigenvalue weighted by Crippen LogP contribution is -1.91. The fourth-order valence-electron chi connectivity index (χ4n) is 1.38. The summed E-state index contributed by atoms with van der Waals surface area (Å²) in [7, 11) is 3.21. The largest absolute Gasteiger partial charge is 0.497 e. The Kier molecular flexibility index (Phi) is 6.36. The van der Waals surface area contributed by atoms with Crippen molar-refractivity contribution in [2.24, 2.45) is 0 Å². The maximum atomic E-state index is 11.5. The van der Waals surface area contributed by atoms with Crippen molar-refractivity contribution in [1.82, 2.24) is 0 Å². The molecule has 0 saturated carbocycles. The van der Waals surface area contributed by atoms with Crippen molar-refractivity contribution in [3.05, 3.63) is 29.8 Å². The van der Waals surface area contributed by atoms with Crippen LogP contribution < -0.4 is 9.47 Å². The summed E-state index contributed by atoms with van der Waals surface area (Å²) in [5.74, 6) is 2.31. The van der Waals surface area contributed by atoms with E-state index < -0.39 is 0 Å². The highest BCUT2D eigenvalue weighted by molar-refractivity contribution is 8.14. The highest BCUT2D eigenvalue weighted by Crippen LogP contribution is 2.25. The Balaban J connectivity index is 2.81. The fourth-order valence-corrected chi connectivity index (χ4v) is 1.95. The smallest absolute Gasteiger partial charge is 0.212 e. The number of ether oxygens (including phenoxy) is 2. The van der Waals surface area contributed by atoms with Crippen LogP contribution in [-0.4, -0.2) is 25.1 Å². The SMILES string of the molecule is CCCSC(=O)/C=C/c1cc(OC)ccc1OC. The molecule has 0 saturated heterocycles. The van der Waals surface area contributed by atoms with Crippen molar-refractivity contribution in [3.8, 4) is 11.5 Å². The monoisotopic (exact) mass is 266 g/mol. The van der Waals surface area contributed by atoms with E-state index in [0.717, 1.165) is 29.2 Å². The molecule has 0 atom stereocenters. The first-order valence-electron chi connectivity index (χ1n) is 5.78. The van der Waals surface area contributed by atoms with Gasteiger partial charge in [0.05, 0.1) is 14.2 Å². The quantitative estimate of drug-likeness (QED) is 0.739. The molecule has 18 heavy (non-hydrogen) atoms. The van der Waals surface area contributed by atoms with E-state index in [0.29, 0.717) is 0 Å². The van der Waals surface area contributed by atoms with Crippen molar-refractivity contribution in [2.45, 2.75) is 13.3 Å². The van der Waals surface area contributed by atoms with E-state index >= 15 is 0 Å². The molecule has 98 valence electrons. The second kappa shape index (κ2) is 7.82. The number of benzene rings is 1. The molecule has 1 aromatic carbocycles. The Morgan fingerprint density at radius 3 is 2.72 bits per heavy atom. The van der Waals surface area contributed by atoms with Crippen LogP contribution in [0.3, 0.4) is 0 Å². The molecule has 0 aliphatic carbocycles. The van der Waals surface area contributed by atoms with Gasteiger partial charge in [-0.3, -0.25) is 4.79 Å². The third kappa shape index (κ3) is 4.45. The minimum absolute atomic E-state index is 0.0572. The van der Waals surface area contributed by atoms with E-state index in [4.69, 9.17) is 9.47 Å². The normalized spacial score (nSPS) is 10.6. The predicted molar refractivity (Wildman–Crippen MR) is 76.3 cm³/mol. The van der Waals surface area contributed by atoms with Gasteiger partial charge in [0, 0.05) is 11.3 Å². The highest BCUT2D eigenvalue weighted by atomic mass is 32.2. The van der Waals surface area contributed by atoms with E-state index in [1.807, 2.05) is 18.2 Å². The van der Waals surface area contributed by atoms with Crippen LogP contribution in [0.2, 0.25) is 0 Å². The summed E-state index contributed by atoms with van der Waals surface area (Å²) in [4.78, 5) is 11.5. The number of carbonyl (C=O) groups excluding carboxylic acids is 1. The Bertz CT molecular complexity index is 427. The van der Waals surface area contributed by atoms with Gasteiger partial charge in [-0.05, 0) is 36.8 Å². The van der Waals surface area contributed by atoms with Crippen LogP contribution in [0.15, 0.2) is 24.3 Å². The molecule has 0 amide bonds. The van der Waals surface area contributed by atoms with E-state index in [1.54, 1.807) is 26.4 Å². The van der Waals surface area contributed by atoms with Gasteiger partial charge in [0.1, 0.15) is 11.5 Å². The van der Waals surface area contributed by atoms with Crippen LogP contribution in [0.1, 0.15) is 18.9 Å². The van der Waals surface area contributed by atoms with Gasteiger partial charge in [0.2, 0.25) is 5.12 Å². The Morgan fingerprint density at radius 2 is 2.11 bits per heavy atom. The number of hydrogen-bond acceptors (Lipinski definition) is 4. The third-order valence-electron chi connectivity index (χ3n) is 2.28. The minimum Gasteiger partial charge on any atom is -0.497 e. The van der Waals surface area contributed by atoms with Crippen LogP contribution in [0.5, 0.6) is 11.5 Å². The van der Waals surface area contributed by atoms with Crippen LogP contribution in [0.4, 0.5) is 0 Å². The van der Waals surface area contributed by atoms with Crippen molar-refractivity contribution in [2.75, 3.05) is 20.0 Å². The number of rotatable bonds is 6. The van der Waals surface area contributed by atoms with Crippen LogP contribution in [0, 0.1) is 0 Å². The van der Waals surface area contributed by atoms with Crippen molar-refractivity contribution >= 4 is 23.0 Å². The summed E-state index contributed by atoms with van der Waals surface area (Å²) >= 11 is 1.32. The molecule has 0 unspecified atom stereocenters. The van der Waals surface area contributed by atoms with Crippen LogP contribution >= 0.6 is 11.8 Å². The number of methoxy groups -OCH3 is 2. The second-order valence-corrected chi connectivity index (χ2v) is 4.71. The molecule has 1 rings (SSSR count). The summed E-state index contributed by atoms with van der Waals surface area (Å²) in [5.41, 5.74) is 0.835. The molecule has 0 aliphatic rings. The summed E-state index contributed by atoms with van der Waals surface area (Å²) in [6, 6.07) is 5.49. The zero-order valence-corrected chi connectivity index (χ0v) is 11.8. The van der Waals surface area contributed by atoms with Gasteiger partial charge in [-0.25, -0.2) is 0 Å². The number of hydrogen-bond donors (Lipinski definition) is 0. The van der Waals surface area contributed by atoms with Crippen molar-refractivity contribution in [3.63, 3.8) is 0 Å². The van der Waals surface area contributed by atoms with Gasteiger partial charge >= 0.3 is 0 Å². The van der Waals surface area contributed by atoms with Crippen LogP contribution in [0.25, 0.3) is 6.08 Å². The lowest BCUT2D eigenvalue weighted by atomic mass is 10.2. The Morgan fingerprint density at radius 1 is 1.33 bits per heavy atom. The molecule has 0 aliphatic heterocycles. The topological polar surface area (TPSA) is 35.5 Å². The second-order valence-electron chi connectivity index (χ2n) is 3.61. The van der Waals surface area contributed by atoms with Gasteiger partial charge < -0.3 is 9.47 Å². The van der Waals surface area contributed by atoms with Crippen LogP contribution in [-0.2, 0) is 4.79 Å². The molecule has 3 nitrogen and oxygen atoms in total. The molecule has 1 aromatic rings. The zero-order valence-electron chi connectivity index (χ0n) is 10.9. The predicted octanol–water partition coefficient (Wildman–Crippen LogP) is 3.39. The van der Waals surface area contributed by atoms with Gasteiger partial charge in [-0.1, -0.05) is 18.7 Å². The summed E-state index contributed by atoms with van der Waals surface area (Å²) in [6.07, 6.45) is 4.32. The van der Waals surface area contributed by atoms with E-state index in [2.05, 4.69) is 6.92 Å². The molecule has 0 bridgehead atoms. The van der Waals surface area contributed by atoms with Gasteiger partial charge in [0.25, 0.3) is 0 Å². The fraction of sp³-hybridized carbons (Fsp3) is 0.357. The zero-order chi connectivity index (χ0) is 13.4. The first-order chi connectivity index (χ1) is 8.71. The molecule has 0 fully saturated rings. The molecule has 0 radical (unpaired) electrons. The first kappa shape index (κ1) is 14.6. The number of thioether (sulfide) groups is 1. The average Bonchev–Trinajstić information content (AvgIpc) is 2.42. The maximum absolute atomic E-state index is 11.5. The molecule has 0 N–H and O–H groups in total. The molecule has 0 spiro atoms.